The summed E-state index contributed by atoms with van der Waals surface area (Å²) in [5, 5.41) is 10.3. The van der Waals surface area contributed by atoms with Gasteiger partial charge in [-0.1, -0.05) is 30.3 Å². The molecule has 0 fully saturated rings. The Balaban J connectivity index is 1.85. The highest BCUT2D eigenvalue weighted by Crippen LogP contribution is 2.33. The third kappa shape index (κ3) is 3.62. The van der Waals surface area contributed by atoms with Crippen LogP contribution < -0.4 is 15.2 Å². The molecule has 0 radical (unpaired) electrons. The zero-order chi connectivity index (χ0) is 18.7. The number of ether oxygens (including phenoxy) is 2. The molecule has 2 amide bonds. The van der Waals surface area contributed by atoms with Crippen LogP contribution in [0.2, 0.25) is 0 Å². The molecule has 26 heavy (non-hydrogen) atoms. The molecule has 0 aromatic heterocycles. The number of aliphatic hydroxyl groups is 1. The molecule has 0 saturated carbocycles. The Morgan fingerprint density at radius 3 is 2.54 bits per heavy atom. The van der Waals surface area contributed by atoms with E-state index >= 15 is 0 Å². The normalized spacial score (nSPS) is 14.5. The number of rotatable bonds is 6. The Labute approximate surface area is 150 Å². The fourth-order valence-electron chi connectivity index (χ4n) is 2.89. The number of benzene rings is 2. The van der Waals surface area contributed by atoms with Crippen molar-refractivity contribution in [2.24, 2.45) is 5.73 Å². The number of likely N-dealkylation sites (N-methyl/N-ethyl adjacent to an activating group) is 1. The number of nitrogens with two attached hydrogens (primary N) is 1. The van der Waals surface area contributed by atoms with E-state index in [4.69, 9.17) is 15.2 Å². The van der Waals surface area contributed by atoms with Crippen molar-refractivity contribution in [3.05, 3.63) is 59.7 Å². The number of nitrogens with zero attached hydrogens (tertiary/aromatic N) is 1. The Morgan fingerprint density at radius 1 is 1.15 bits per heavy atom. The van der Waals surface area contributed by atoms with Gasteiger partial charge in [-0.25, -0.2) is 0 Å². The van der Waals surface area contributed by atoms with Crippen LogP contribution in [0.1, 0.15) is 15.9 Å². The van der Waals surface area contributed by atoms with Crippen molar-refractivity contribution in [2.45, 2.75) is 18.6 Å². The Kier molecular flexibility index (Phi) is 5.09. The van der Waals surface area contributed by atoms with Crippen LogP contribution in [0, 0.1) is 0 Å². The van der Waals surface area contributed by atoms with Crippen LogP contribution in [0.25, 0.3) is 0 Å². The van der Waals surface area contributed by atoms with E-state index in [0.717, 1.165) is 5.56 Å². The van der Waals surface area contributed by atoms with E-state index in [0.29, 0.717) is 17.1 Å². The lowest BCUT2D eigenvalue weighted by atomic mass is 9.98. The minimum absolute atomic E-state index is 0.111. The van der Waals surface area contributed by atoms with Crippen molar-refractivity contribution in [1.29, 1.82) is 0 Å². The predicted molar refractivity (Wildman–Crippen MR) is 93.8 cm³/mol. The van der Waals surface area contributed by atoms with Gasteiger partial charge < -0.3 is 25.2 Å². The lowest BCUT2D eigenvalue weighted by molar-refractivity contribution is -0.128. The van der Waals surface area contributed by atoms with Gasteiger partial charge >= 0.3 is 0 Å². The van der Waals surface area contributed by atoms with Crippen LogP contribution in [0.5, 0.6) is 11.5 Å². The highest BCUT2D eigenvalue weighted by molar-refractivity contribution is 5.95. The first-order valence-corrected chi connectivity index (χ1v) is 8.15. The van der Waals surface area contributed by atoms with Crippen LogP contribution in [-0.4, -0.2) is 47.8 Å². The molecule has 0 spiro atoms. The van der Waals surface area contributed by atoms with Crippen molar-refractivity contribution in [3.63, 3.8) is 0 Å². The number of hydrogen-bond acceptors (Lipinski definition) is 5. The van der Waals surface area contributed by atoms with Crippen molar-refractivity contribution in [2.75, 3.05) is 13.8 Å². The van der Waals surface area contributed by atoms with Gasteiger partial charge in [-0.05, 0) is 30.2 Å². The summed E-state index contributed by atoms with van der Waals surface area (Å²) >= 11 is 0. The molecule has 3 N–H and O–H groups in total. The number of aliphatic hydroxyl groups excluding tert-OH is 1. The first kappa shape index (κ1) is 17.8. The number of primary amides is 1. The van der Waals surface area contributed by atoms with E-state index in [1.807, 2.05) is 30.3 Å². The van der Waals surface area contributed by atoms with Gasteiger partial charge in [0, 0.05) is 12.6 Å². The average Bonchev–Trinajstić information content (AvgIpc) is 3.13. The van der Waals surface area contributed by atoms with Crippen LogP contribution in [0.3, 0.4) is 0 Å². The monoisotopic (exact) mass is 356 g/mol. The largest absolute Gasteiger partial charge is 0.454 e. The summed E-state index contributed by atoms with van der Waals surface area (Å²) in [4.78, 5) is 25.7. The quantitative estimate of drug-likeness (QED) is 0.802. The SMILES string of the molecule is CN(C(=O)c1ccc2c(c1)OCO2)C(Cc1ccccc1)C(O)C(N)=O. The molecule has 2 aromatic carbocycles. The first-order valence-electron chi connectivity index (χ1n) is 8.15. The highest BCUT2D eigenvalue weighted by atomic mass is 16.7. The van der Waals surface area contributed by atoms with E-state index in [9.17, 15) is 14.7 Å². The van der Waals surface area contributed by atoms with Crippen molar-refractivity contribution in [1.82, 2.24) is 4.90 Å². The minimum atomic E-state index is -1.49. The van der Waals surface area contributed by atoms with Crippen LogP contribution in [0.4, 0.5) is 0 Å². The van der Waals surface area contributed by atoms with Gasteiger partial charge in [0.2, 0.25) is 12.7 Å². The van der Waals surface area contributed by atoms with Gasteiger partial charge in [-0.3, -0.25) is 9.59 Å². The number of fused-ring (bicyclic) bond motifs is 1. The summed E-state index contributed by atoms with van der Waals surface area (Å²) in [6.45, 7) is 0.111. The van der Waals surface area contributed by atoms with Gasteiger partial charge in [0.15, 0.2) is 17.6 Å². The molecule has 3 rings (SSSR count). The summed E-state index contributed by atoms with van der Waals surface area (Å²) in [5.41, 5.74) is 6.52. The van der Waals surface area contributed by atoms with E-state index in [-0.39, 0.29) is 19.1 Å². The maximum Gasteiger partial charge on any atom is 0.254 e. The van der Waals surface area contributed by atoms with Crippen LogP contribution in [0.15, 0.2) is 48.5 Å². The predicted octanol–water partition coefficient (Wildman–Crippen LogP) is 0.945. The van der Waals surface area contributed by atoms with Gasteiger partial charge in [-0.2, -0.15) is 0 Å². The van der Waals surface area contributed by atoms with Crippen LogP contribution in [-0.2, 0) is 11.2 Å². The first-order chi connectivity index (χ1) is 12.5. The van der Waals surface area contributed by atoms with E-state index in [1.165, 1.54) is 11.9 Å². The smallest absolute Gasteiger partial charge is 0.254 e. The number of carbonyl (C=O) groups is 2. The van der Waals surface area contributed by atoms with E-state index in [2.05, 4.69) is 0 Å². The van der Waals surface area contributed by atoms with Crippen molar-refractivity contribution in [3.8, 4) is 11.5 Å². The summed E-state index contributed by atoms with van der Waals surface area (Å²) in [5.74, 6) is -0.178. The van der Waals surface area contributed by atoms with Gasteiger partial charge in [0.1, 0.15) is 0 Å². The summed E-state index contributed by atoms with van der Waals surface area (Å²) in [7, 11) is 1.53. The fraction of sp³-hybridized carbons (Fsp3) is 0.263. The molecule has 2 atom stereocenters. The molecular formula is C19H20N2O5. The van der Waals surface area contributed by atoms with E-state index in [1.54, 1.807) is 18.2 Å². The second kappa shape index (κ2) is 7.45. The standard InChI is InChI=1S/C19H20N2O5/c1-21(19(24)13-7-8-15-16(10-13)26-11-25-15)14(17(22)18(20)23)9-12-5-3-2-4-6-12/h2-8,10,14,17,22H,9,11H2,1H3,(H2,20,23). The maximum absolute atomic E-state index is 12.9. The average molecular weight is 356 g/mol. The molecular weight excluding hydrogens is 336 g/mol. The lowest BCUT2D eigenvalue weighted by Crippen LogP contribution is -2.51. The van der Waals surface area contributed by atoms with Gasteiger partial charge in [0.25, 0.3) is 5.91 Å². The lowest BCUT2D eigenvalue weighted by Gasteiger charge is -2.31. The molecule has 1 aliphatic rings. The Bertz CT molecular complexity index is 809. The summed E-state index contributed by atoms with van der Waals surface area (Å²) in [6.07, 6.45) is -1.20. The van der Waals surface area contributed by atoms with Gasteiger partial charge in [-0.15, -0.1) is 0 Å². The van der Waals surface area contributed by atoms with Crippen LogP contribution >= 0.6 is 0 Å². The summed E-state index contributed by atoms with van der Waals surface area (Å²) in [6, 6.07) is 13.3. The second-order valence-electron chi connectivity index (χ2n) is 6.09. The zero-order valence-corrected chi connectivity index (χ0v) is 14.3. The molecule has 136 valence electrons. The highest BCUT2D eigenvalue weighted by Gasteiger charge is 2.32. The number of carbonyl (C=O) groups excluding carboxylic acids is 2. The minimum Gasteiger partial charge on any atom is -0.454 e. The zero-order valence-electron chi connectivity index (χ0n) is 14.3. The molecule has 0 bridgehead atoms. The molecule has 1 aliphatic heterocycles. The number of amides is 2. The third-order valence-electron chi connectivity index (χ3n) is 4.38. The van der Waals surface area contributed by atoms with Crippen molar-refractivity contribution < 1.29 is 24.2 Å². The molecule has 2 unspecified atom stereocenters. The van der Waals surface area contributed by atoms with Crippen molar-refractivity contribution >= 4 is 11.8 Å². The summed E-state index contributed by atoms with van der Waals surface area (Å²) < 4.78 is 10.5. The molecule has 7 nitrogen and oxygen atoms in total. The molecule has 1 heterocycles. The molecule has 0 aliphatic carbocycles. The number of hydrogen-bond donors (Lipinski definition) is 2. The Morgan fingerprint density at radius 2 is 1.85 bits per heavy atom. The topological polar surface area (TPSA) is 102 Å². The third-order valence-corrected chi connectivity index (χ3v) is 4.38. The second-order valence-corrected chi connectivity index (χ2v) is 6.09. The molecule has 2 aromatic rings. The van der Waals surface area contributed by atoms with E-state index < -0.39 is 18.1 Å². The molecule has 7 heteroatoms. The fourth-order valence-corrected chi connectivity index (χ4v) is 2.89. The molecule has 0 saturated heterocycles. The Hall–Kier alpha value is -3.06. The maximum atomic E-state index is 12.9. The van der Waals surface area contributed by atoms with Gasteiger partial charge in [0.05, 0.1) is 6.04 Å².